The van der Waals surface area contributed by atoms with Gasteiger partial charge in [0, 0.05) is 33.8 Å². The van der Waals surface area contributed by atoms with Crippen LogP contribution in [-0.4, -0.2) is 57.5 Å². The van der Waals surface area contributed by atoms with Crippen LogP contribution in [0.1, 0.15) is 31.1 Å². The quantitative estimate of drug-likeness (QED) is 0.110. The monoisotopic (exact) mass is 657 g/mol. The van der Waals surface area contributed by atoms with Crippen LogP contribution in [0.5, 0.6) is 17.2 Å². The Morgan fingerprint density at radius 3 is 1.06 bits per heavy atom. The van der Waals surface area contributed by atoms with Gasteiger partial charge in [-0.05, 0) is 91.0 Å². The van der Waals surface area contributed by atoms with Crippen LogP contribution in [0.2, 0.25) is 0 Å². The topological polar surface area (TPSA) is 194 Å². The van der Waals surface area contributed by atoms with Gasteiger partial charge < -0.3 is 44.4 Å². The first-order valence-corrected chi connectivity index (χ1v) is 13.7. The molecule has 0 heterocycles. The molecule has 0 bridgehead atoms. The molecule has 0 aliphatic carbocycles. The van der Waals surface area contributed by atoms with Crippen molar-refractivity contribution in [2.24, 2.45) is 0 Å². The lowest BCUT2D eigenvalue weighted by atomic mass is 10.1. The van der Waals surface area contributed by atoms with E-state index in [1.165, 1.54) is 98.1 Å². The Kier molecular flexibility index (Phi) is 11.3. The van der Waals surface area contributed by atoms with E-state index >= 15 is 0 Å². The van der Waals surface area contributed by atoms with Crippen LogP contribution in [0.3, 0.4) is 0 Å². The molecule has 4 aromatic carbocycles. The maximum Gasteiger partial charge on any atom is 0.513 e. The Morgan fingerprint density at radius 2 is 0.708 bits per heavy atom. The number of carbonyl (C=O) groups is 6. The van der Waals surface area contributed by atoms with E-state index in [1.807, 2.05) is 0 Å². The highest BCUT2D eigenvalue weighted by molar-refractivity contribution is 6.10. The van der Waals surface area contributed by atoms with Crippen molar-refractivity contribution < 1.29 is 57.2 Å². The molecular weight excluding hydrogens is 630 g/mol. The molecule has 0 unspecified atom stereocenters. The number of anilines is 3. The van der Waals surface area contributed by atoms with E-state index < -0.39 is 36.2 Å². The zero-order chi connectivity index (χ0) is 34.6. The third kappa shape index (κ3) is 9.55. The minimum absolute atomic E-state index is 0.0571. The largest absolute Gasteiger partial charge is 0.513 e. The van der Waals surface area contributed by atoms with Crippen LogP contribution in [-0.2, 0) is 14.2 Å². The Hall–Kier alpha value is -6.90. The standard InChI is InChI=1S/C33H27N3O12/c1-43-31(40)46-25-10-4-19(5-11-25)28(37)35-23-16-21(30(39)34-22-8-14-27(15-9-22)48-33(42)45-3)17-24(18-23)36-29(38)20-6-12-26(13-7-20)47-32(41)44-2/h4-18H,1-3H3,(H,34,39)(H,35,37)(H,36,38). The fourth-order valence-corrected chi connectivity index (χ4v) is 3.88. The molecule has 48 heavy (non-hydrogen) atoms. The zero-order valence-corrected chi connectivity index (χ0v) is 25.6. The van der Waals surface area contributed by atoms with Gasteiger partial charge in [-0.1, -0.05) is 0 Å². The first kappa shape index (κ1) is 34.0. The number of rotatable bonds is 9. The number of benzene rings is 4. The van der Waals surface area contributed by atoms with Crippen molar-refractivity contribution in [2.75, 3.05) is 37.3 Å². The Balaban J connectivity index is 1.56. The minimum Gasteiger partial charge on any atom is -0.437 e. The van der Waals surface area contributed by atoms with Crippen molar-refractivity contribution in [3.63, 3.8) is 0 Å². The number of ether oxygens (including phenoxy) is 6. The van der Waals surface area contributed by atoms with Crippen LogP contribution in [0.25, 0.3) is 0 Å². The van der Waals surface area contributed by atoms with E-state index in [-0.39, 0.29) is 45.3 Å². The highest BCUT2D eigenvalue weighted by Crippen LogP contribution is 2.24. The number of nitrogens with one attached hydrogen (secondary N) is 3. The molecule has 3 amide bonds. The fraction of sp³-hybridized carbons (Fsp3) is 0.0909. The maximum atomic E-state index is 13.3. The molecule has 0 aliphatic rings. The Labute approximate surface area is 272 Å². The second kappa shape index (κ2) is 15.9. The summed E-state index contributed by atoms with van der Waals surface area (Å²) in [5.41, 5.74) is 1.10. The molecule has 4 rings (SSSR count). The number of carbonyl (C=O) groups excluding carboxylic acids is 6. The van der Waals surface area contributed by atoms with E-state index in [1.54, 1.807) is 0 Å². The summed E-state index contributed by atoms with van der Waals surface area (Å²) >= 11 is 0. The number of methoxy groups -OCH3 is 3. The summed E-state index contributed by atoms with van der Waals surface area (Å²) in [6.07, 6.45) is -2.75. The van der Waals surface area contributed by atoms with Gasteiger partial charge in [0.25, 0.3) is 17.7 Å². The summed E-state index contributed by atoms with van der Waals surface area (Å²) in [7, 11) is 3.48. The van der Waals surface area contributed by atoms with Crippen molar-refractivity contribution in [1.82, 2.24) is 0 Å². The Bertz CT molecular complexity index is 1730. The van der Waals surface area contributed by atoms with E-state index in [4.69, 9.17) is 14.2 Å². The minimum atomic E-state index is -0.923. The summed E-state index contributed by atoms with van der Waals surface area (Å²) in [4.78, 5) is 73.5. The van der Waals surface area contributed by atoms with Crippen molar-refractivity contribution in [2.45, 2.75) is 0 Å². The summed E-state index contributed by atoms with van der Waals surface area (Å²) in [6, 6.07) is 21.3. The normalized spacial score (nSPS) is 10.1. The van der Waals surface area contributed by atoms with Gasteiger partial charge in [-0.15, -0.1) is 0 Å². The molecule has 246 valence electrons. The van der Waals surface area contributed by atoms with Gasteiger partial charge in [-0.25, -0.2) is 14.4 Å². The molecule has 0 spiro atoms. The van der Waals surface area contributed by atoms with E-state index in [0.717, 1.165) is 14.2 Å². The molecule has 0 atom stereocenters. The van der Waals surface area contributed by atoms with Gasteiger partial charge >= 0.3 is 18.5 Å². The first-order valence-electron chi connectivity index (χ1n) is 13.7. The van der Waals surface area contributed by atoms with Crippen LogP contribution >= 0.6 is 0 Å². The lowest BCUT2D eigenvalue weighted by Crippen LogP contribution is -2.17. The third-order valence-electron chi connectivity index (χ3n) is 6.16. The summed E-state index contributed by atoms with van der Waals surface area (Å²) in [6.45, 7) is 0. The highest BCUT2D eigenvalue weighted by Gasteiger charge is 2.16. The van der Waals surface area contributed by atoms with Gasteiger partial charge in [-0.2, -0.15) is 0 Å². The van der Waals surface area contributed by atoms with Gasteiger partial charge in [0.05, 0.1) is 21.3 Å². The van der Waals surface area contributed by atoms with Crippen LogP contribution in [0.4, 0.5) is 31.4 Å². The molecule has 3 N–H and O–H groups in total. The average molecular weight is 658 g/mol. The molecule has 0 radical (unpaired) electrons. The van der Waals surface area contributed by atoms with E-state index in [2.05, 4.69) is 30.2 Å². The average Bonchev–Trinajstić information content (AvgIpc) is 3.09. The third-order valence-corrected chi connectivity index (χ3v) is 6.16. The fourth-order valence-electron chi connectivity index (χ4n) is 3.88. The SMILES string of the molecule is COC(=O)Oc1ccc(NC(=O)c2cc(NC(=O)c3ccc(OC(=O)OC)cc3)cc(NC(=O)c3ccc(OC(=O)OC)cc3)c2)cc1. The second-order valence-electron chi connectivity index (χ2n) is 9.40. The predicted octanol–water partition coefficient (Wildman–Crippen LogP) is 5.88. The van der Waals surface area contributed by atoms with Gasteiger partial charge in [0.15, 0.2) is 0 Å². The molecule has 0 saturated carbocycles. The van der Waals surface area contributed by atoms with Gasteiger partial charge in [-0.3, -0.25) is 14.4 Å². The summed E-state index contributed by atoms with van der Waals surface area (Å²) < 4.78 is 28.1. The molecule has 15 heteroatoms. The molecule has 0 aromatic heterocycles. The molecule has 0 fully saturated rings. The number of hydrogen-bond donors (Lipinski definition) is 3. The van der Waals surface area contributed by atoms with E-state index in [9.17, 15) is 28.8 Å². The molecule has 15 nitrogen and oxygen atoms in total. The molecule has 0 aliphatic heterocycles. The summed E-state index contributed by atoms with van der Waals surface area (Å²) in [5, 5.41) is 8.05. The van der Waals surface area contributed by atoms with Crippen LogP contribution in [0, 0.1) is 0 Å². The van der Waals surface area contributed by atoms with Crippen LogP contribution < -0.4 is 30.2 Å². The lowest BCUT2D eigenvalue weighted by Gasteiger charge is -2.13. The van der Waals surface area contributed by atoms with E-state index in [0.29, 0.717) is 5.69 Å². The maximum absolute atomic E-state index is 13.3. The van der Waals surface area contributed by atoms with Gasteiger partial charge in [0.1, 0.15) is 17.2 Å². The van der Waals surface area contributed by atoms with Crippen molar-refractivity contribution >= 4 is 53.2 Å². The Morgan fingerprint density at radius 1 is 0.396 bits per heavy atom. The lowest BCUT2D eigenvalue weighted by molar-refractivity contribution is 0.101. The number of hydrogen-bond acceptors (Lipinski definition) is 12. The highest BCUT2D eigenvalue weighted by atomic mass is 16.7. The second-order valence-corrected chi connectivity index (χ2v) is 9.40. The predicted molar refractivity (Wildman–Crippen MR) is 169 cm³/mol. The molecule has 4 aromatic rings. The van der Waals surface area contributed by atoms with Crippen molar-refractivity contribution in [3.05, 3.63) is 108 Å². The van der Waals surface area contributed by atoms with Crippen LogP contribution in [0.15, 0.2) is 91.0 Å². The zero-order valence-electron chi connectivity index (χ0n) is 25.6. The molecule has 0 saturated heterocycles. The molecular formula is C33H27N3O12. The van der Waals surface area contributed by atoms with Crippen molar-refractivity contribution in [1.29, 1.82) is 0 Å². The smallest absolute Gasteiger partial charge is 0.437 e. The van der Waals surface area contributed by atoms with Gasteiger partial charge in [0.2, 0.25) is 0 Å². The first-order chi connectivity index (χ1) is 23.1. The number of amides is 3. The van der Waals surface area contributed by atoms with Crippen molar-refractivity contribution in [3.8, 4) is 17.2 Å². The summed E-state index contributed by atoms with van der Waals surface area (Å²) in [5.74, 6) is -1.26.